The maximum Gasteiger partial charge on any atom is 0.307 e. The average Bonchev–Trinajstić information content (AvgIpc) is 2.72. The summed E-state index contributed by atoms with van der Waals surface area (Å²) in [4.78, 5) is 22.1. The molecule has 0 aliphatic heterocycles. The minimum atomic E-state index is -0.787. The summed E-state index contributed by atoms with van der Waals surface area (Å²) in [6, 6.07) is 0. The fourth-order valence-electron chi connectivity index (χ4n) is 2.33. The van der Waals surface area contributed by atoms with Gasteiger partial charge in [0.15, 0.2) is 0 Å². The highest BCUT2D eigenvalue weighted by atomic mass is 16.4. The lowest BCUT2D eigenvalue weighted by molar-refractivity contribution is -0.142. The highest BCUT2D eigenvalue weighted by Crippen LogP contribution is 2.59. The molecule has 0 aromatic heterocycles. The van der Waals surface area contributed by atoms with Crippen molar-refractivity contribution in [1.82, 2.24) is 0 Å². The predicted molar refractivity (Wildman–Crippen MR) is 41.7 cm³/mol. The fraction of sp³-hybridized carbons (Fsp3) is 0.778. The van der Waals surface area contributed by atoms with Crippen LogP contribution in [-0.4, -0.2) is 16.9 Å². The number of carboxylic acids is 1. The molecular formula is C9H12O3. The molecule has 0 heterocycles. The number of carboxylic acid groups (broad SMARTS) is 1. The summed E-state index contributed by atoms with van der Waals surface area (Å²) in [6.07, 6.45) is 3.98. The summed E-state index contributed by atoms with van der Waals surface area (Å²) in [6.45, 7) is 0. The van der Waals surface area contributed by atoms with Crippen molar-refractivity contribution in [3.63, 3.8) is 0 Å². The highest BCUT2D eigenvalue weighted by Gasteiger charge is 2.63. The van der Waals surface area contributed by atoms with Crippen molar-refractivity contribution in [2.75, 3.05) is 0 Å². The Morgan fingerprint density at radius 3 is 2.75 bits per heavy atom. The van der Waals surface area contributed by atoms with Gasteiger partial charge in [-0.2, -0.15) is 0 Å². The first-order chi connectivity index (χ1) is 5.67. The van der Waals surface area contributed by atoms with Crippen LogP contribution in [0.3, 0.4) is 0 Å². The second-order valence-electron chi connectivity index (χ2n) is 3.88. The van der Waals surface area contributed by atoms with Gasteiger partial charge in [-0.3, -0.25) is 9.59 Å². The van der Waals surface area contributed by atoms with E-state index >= 15 is 0 Å². The van der Waals surface area contributed by atoms with Crippen LogP contribution in [0, 0.1) is 11.3 Å². The van der Waals surface area contributed by atoms with E-state index in [-0.39, 0.29) is 11.7 Å². The summed E-state index contributed by atoms with van der Waals surface area (Å²) < 4.78 is 0. The molecule has 2 aliphatic rings. The van der Waals surface area contributed by atoms with Gasteiger partial charge < -0.3 is 5.11 Å². The van der Waals surface area contributed by atoms with Gasteiger partial charge >= 0.3 is 5.97 Å². The molecule has 0 bridgehead atoms. The van der Waals surface area contributed by atoms with Gasteiger partial charge in [0.2, 0.25) is 0 Å². The number of hydrogen-bond donors (Lipinski definition) is 1. The SMILES string of the molecule is O=C(O)[C@H]1C[C@]12CCCCC2=O. The van der Waals surface area contributed by atoms with E-state index in [2.05, 4.69) is 0 Å². The van der Waals surface area contributed by atoms with Crippen LogP contribution in [0.25, 0.3) is 0 Å². The molecular weight excluding hydrogens is 156 g/mol. The lowest BCUT2D eigenvalue weighted by atomic mass is 9.83. The Morgan fingerprint density at radius 1 is 1.50 bits per heavy atom. The first-order valence-electron chi connectivity index (χ1n) is 4.43. The van der Waals surface area contributed by atoms with Crippen LogP contribution in [0.4, 0.5) is 0 Å². The van der Waals surface area contributed by atoms with E-state index in [4.69, 9.17) is 5.11 Å². The monoisotopic (exact) mass is 168 g/mol. The van der Waals surface area contributed by atoms with Crippen molar-refractivity contribution in [2.24, 2.45) is 11.3 Å². The molecule has 0 aromatic carbocycles. The minimum absolute atomic E-state index is 0.196. The molecule has 0 aromatic rings. The Kier molecular flexibility index (Phi) is 1.50. The van der Waals surface area contributed by atoms with Gasteiger partial charge in [-0.15, -0.1) is 0 Å². The quantitative estimate of drug-likeness (QED) is 0.640. The summed E-state index contributed by atoms with van der Waals surface area (Å²) in [5.41, 5.74) is -0.413. The van der Waals surface area contributed by atoms with Gasteiger partial charge in [0.05, 0.1) is 5.92 Å². The molecule has 0 amide bonds. The third kappa shape index (κ3) is 0.886. The predicted octanol–water partition coefficient (Wildman–Crippen LogP) is 1.22. The van der Waals surface area contributed by atoms with Crippen LogP contribution in [0.15, 0.2) is 0 Å². The summed E-state index contributed by atoms with van der Waals surface area (Å²) >= 11 is 0. The lowest BCUT2D eigenvalue weighted by Gasteiger charge is -2.19. The molecule has 3 heteroatoms. The van der Waals surface area contributed by atoms with E-state index in [1.807, 2.05) is 0 Å². The van der Waals surface area contributed by atoms with E-state index in [9.17, 15) is 9.59 Å². The van der Waals surface area contributed by atoms with Gasteiger partial charge in [-0.1, -0.05) is 6.42 Å². The number of rotatable bonds is 1. The Balaban J connectivity index is 2.13. The topological polar surface area (TPSA) is 54.4 Å². The van der Waals surface area contributed by atoms with E-state index < -0.39 is 11.4 Å². The van der Waals surface area contributed by atoms with Crippen molar-refractivity contribution in [3.8, 4) is 0 Å². The Morgan fingerprint density at radius 2 is 2.25 bits per heavy atom. The maximum absolute atomic E-state index is 11.4. The summed E-state index contributed by atoms with van der Waals surface area (Å²) in [5, 5.41) is 8.74. The first kappa shape index (κ1) is 7.77. The highest BCUT2D eigenvalue weighted by molar-refractivity contribution is 5.95. The van der Waals surface area contributed by atoms with Crippen LogP contribution >= 0.6 is 0 Å². The molecule has 0 unspecified atom stereocenters. The van der Waals surface area contributed by atoms with Gasteiger partial charge in [0, 0.05) is 11.8 Å². The summed E-state index contributed by atoms with van der Waals surface area (Å²) in [5.74, 6) is -0.947. The molecule has 1 spiro atoms. The largest absolute Gasteiger partial charge is 0.481 e. The minimum Gasteiger partial charge on any atom is -0.481 e. The normalized spacial score (nSPS) is 40.0. The molecule has 2 atom stereocenters. The van der Waals surface area contributed by atoms with Crippen LogP contribution in [0.5, 0.6) is 0 Å². The van der Waals surface area contributed by atoms with Gasteiger partial charge in [0.25, 0.3) is 0 Å². The zero-order chi connectivity index (χ0) is 8.77. The van der Waals surface area contributed by atoms with E-state index in [1.165, 1.54) is 0 Å². The third-order valence-electron chi connectivity index (χ3n) is 3.21. The smallest absolute Gasteiger partial charge is 0.307 e. The van der Waals surface area contributed by atoms with Crippen LogP contribution in [0.1, 0.15) is 32.1 Å². The standard InChI is InChI=1S/C9H12O3/c10-7-3-1-2-4-9(7)5-6(9)8(11)12/h6H,1-5H2,(H,11,12)/t6-,9-/m1/s1. The molecule has 1 N–H and O–H groups in total. The van der Waals surface area contributed by atoms with Crippen molar-refractivity contribution in [2.45, 2.75) is 32.1 Å². The summed E-state index contributed by atoms with van der Waals surface area (Å²) in [7, 11) is 0. The number of aliphatic carboxylic acids is 1. The zero-order valence-corrected chi connectivity index (χ0v) is 6.88. The Labute approximate surface area is 70.8 Å². The molecule has 2 rings (SSSR count). The Hall–Kier alpha value is -0.860. The molecule has 3 nitrogen and oxygen atoms in total. The third-order valence-corrected chi connectivity index (χ3v) is 3.21. The van der Waals surface area contributed by atoms with Gasteiger partial charge in [-0.25, -0.2) is 0 Å². The van der Waals surface area contributed by atoms with Crippen molar-refractivity contribution >= 4 is 11.8 Å². The second-order valence-corrected chi connectivity index (χ2v) is 3.88. The molecule has 12 heavy (non-hydrogen) atoms. The van der Waals surface area contributed by atoms with Crippen LogP contribution in [0.2, 0.25) is 0 Å². The molecule has 2 aliphatic carbocycles. The van der Waals surface area contributed by atoms with Gasteiger partial charge in [0.1, 0.15) is 5.78 Å². The lowest BCUT2D eigenvalue weighted by Crippen LogP contribution is -2.24. The van der Waals surface area contributed by atoms with Crippen molar-refractivity contribution < 1.29 is 14.7 Å². The maximum atomic E-state index is 11.4. The van der Waals surface area contributed by atoms with E-state index in [0.29, 0.717) is 12.8 Å². The number of ketones is 1. The van der Waals surface area contributed by atoms with E-state index in [1.54, 1.807) is 0 Å². The fourth-order valence-corrected chi connectivity index (χ4v) is 2.33. The van der Waals surface area contributed by atoms with E-state index in [0.717, 1.165) is 19.3 Å². The van der Waals surface area contributed by atoms with Gasteiger partial charge in [-0.05, 0) is 19.3 Å². The number of Topliss-reactive ketones (excluding diaryl/α,β-unsaturated/α-hetero) is 1. The molecule has 66 valence electrons. The number of carbonyl (C=O) groups excluding carboxylic acids is 1. The number of carbonyl (C=O) groups is 2. The average molecular weight is 168 g/mol. The second kappa shape index (κ2) is 2.31. The van der Waals surface area contributed by atoms with Crippen molar-refractivity contribution in [1.29, 1.82) is 0 Å². The molecule has 2 saturated carbocycles. The van der Waals surface area contributed by atoms with Crippen molar-refractivity contribution in [3.05, 3.63) is 0 Å². The molecule has 0 radical (unpaired) electrons. The van der Waals surface area contributed by atoms with Crippen LogP contribution in [-0.2, 0) is 9.59 Å². The first-order valence-corrected chi connectivity index (χ1v) is 4.43. The molecule has 0 saturated heterocycles. The molecule has 2 fully saturated rings. The number of hydrogen-bond acceptors (Lipinski definition) is 2. The zero-order valence-electron chi connectivity index (χ0n) is 6.88. The van der Waals surface area contributed by atoms with Crippen LogP contribution < -0.4 is 0 Å². The Bertz CT molecular complexity index is 246.